The predicted octanol–water partition coefficient (Wildman–Crippen LogP) is 1.23. The third-order valence-corrected chi connectivity index (χ3v) is 2.76. The van der Waals surface area contributed by atoms with Crippen molar-refractivity contribution in [3.8, 4) is 0 Å². The van der Waals surface area contributed by atoms with Gasteiger partial charge in [-0.3, -0.25) is 0 Å². The number of rotatable bonds is 4. The molecule has 0 radical (unpaired) electrons. The minimum atomic E-state index is 0.683. The van der Waals surface area contributed by atoms with Gasteiger partial charge in [-0.1, -0.05) is 0 Å². The molecule has 4 nitrogen and oxygen atoms in total. The molecule has 0 spiro atoms. The molecule has 2 N–H and O–H groups in total. The molecule has 0 bridgehead atoms. The number of hydrogen-bond donors (Lipinski definition) is 2. The van der Waals surface area contributed by atoms with Crippen molar-refractivity contribution in [3.05, 3.63) is 17.7 Å². The van der Waals surface area contributed by atoms with Gasteiger partial charge in [0.05, 0.1) is 6.61 Å². The van der Waals surface area contributed by atoms with Gasteiger partial charge in [0, 0.05) is 31.6 Å². The van der Waals surface area contributed by atoms with E-state index in [0.717, 1.165) is 37.8 Å². The van der Waals surface area contributed by atoms with E-state index in [9.17, 15) is 0 Å². The van der Waals surface area contributed by atoms with Crippen LogP contribution < -0.4 is 5.32 Å². The Hall–Kier alpha value is -0.870. The molecule has 1 aliphatic rings. The van der Waals surface area contributed by atoms with Gasteiger partial charge < -0.3 is 15.0 Å². The first kappa shape index (κ1) is 10.6. The molecule has 0 saturated carbocycles. The fourth-order valence-electron chi connectivity index (χ4n) is 1.94. The smallest absolute Gasteiger partial charge is 0.103 e. The average molecular weight is 209 g/mol. The Balaban J connectivity index is 1.65. The summed E-state index contributed by atoms with van der Waals surface area (Å²) in [5.41, 5.74) is 1.16. The molecule has 1 atom stereocenters. The quantitative estimate of drug-likeness (QED) is 0.784. The maximum atomic E-state index is 5.43. The van der Waals surface area contributed by atoms with Gasteiger partial charge in [0.1, 0.15) is 5.82 Å². The largest absolute Gasteiger partial charge is 0.381 e. The van der Waals surface area contributed by atoms with Gasteiger partial charge in [-0.25, -0.2) is 4.98 Å². The van der Waals surface area contributed by atoms with E-state index in [1.54, 1.807) is 0 Å². The fourth-order valence-corrected chi connectivity index (χ4v) is 1.94. The van der Waals surface area contributed by atoms with E-state index in [0.29, 0.717) is 5.92 Å². The van der Waals surface area contributed by atoms with Crippen LogP contribution in [0.2, 0.25) is 0 Å². The molecule has 1 fully saturated rings. The Morgan fingerprint density at radius 3 is 3.27 bits per heavy atom. The van der Waals surface area contributed by atoms with Gasteiger partial charge in [-0.2, -0.15) is 0 Å². The molecule has 2 heterocycles. The first-order valence-corrected chi connectivity index (χ1v) is 5.63. The molecular formula is C11H19N3O. The zero-order chi connectivity index (χ0) is 10.5. The summed E-state index contributed by atoms with van der Waals surface area (Å²) < 4.78 is 5.43. The van der Waals surface area contributed by atoms with Gasteiger partial charge in [-0.05, 0) is 25.7 Å². The van der Waals surface area contributed by atoms with E-state index in [1.807, 2.05) is 13.1 Å². The predicted molar refractivity (Wildman–Crippen MR) is 58.6 cm³/mol. The lowest BCUT2D eigenvalue weighted by molar-refractivity contribution is 0.0547. The Labute approximate surface area is 90.4 Å². The molecule has 0 aliphatic carbocycles. The third kappa shape index (κ3) is 3.32. The van der Waals surface area contributed by atoms with Gasteiger partial charge in [0.2, 0.25) is 0 Å². The van der Waals surface area contributed by atoms with Crippen LogP contribution in [-0.2, 0) is 11.3 Å². The highest BCUT2D eigenvalue weighted by Crippen LogP contribution is 2.12. The summed E-state index contributed by atoms with van der Waals surface area (Å²) in [4.78, 5) is 7.37. The zero-order valence-electron chi connectivity index (χ0n) is 9.25. The Kier molecular flexibility index (Phi) is 3.75. The van der Waals surface area contributed by atoms with E-state index in [-0.39, 0.29) is 0 Å². The van der Waals surface area contributed by atoms with Crippen molar-refractivity contribution in [1.29, 1.82) is 0 Å². The van der Waals surface area contributed by atoms with E-state index in [2.05, 4.69) is 15.3 Å². The van der Waals surface area contributed by atoms with Crippen molar-refractivity contribution in [1.82, 2.24) is 15.3 Å². The number of aromatic amines is 1. The molecule has 0 aromatic carbocycles. The van der Waals surface area contributed by atoms with E-state index >= 15 is 0 Å². The zero-order valence-corrected chi connectivity index (χ0v) is 9.25. The Morgan fingerprint density at radius 1 is 1.67 bits per heavy atom. The summed E-state index contributed by atoms with van der Waals surface area (Å²) in [5, 5.41) is 3.43. The molecule has 1 unspecified atom stereocenters. The topological polar surface area (TPSA) is 49.9 Å². The lowest BCUT2D eigenvalue weighted by Gasteiger charge is -2.22. The first-order chi connectivity index (χ1) is 7.34. The van der Waals surface area contributed by atoms with Crippen molar-refractivity contribution in [2.24, 2.45) is 5.92 Å². The summed E-state index contributed by atoms with van der Waals surface area (Å²) in [6.07, 6.45) is 4.38. The van der Waals surface area contributed by atoms with Crippen LogP contribution in [0.3, 0.4) is 0 Å². The second kappa shape index (κ2) is 5.28. The van der Waals surface area contributed by atoms with Crippen LogP contribution in [0.1, 0.15) is 24.4 Å². The average Bonchev–Trinajstić information content (AvgIpc) is 2.66. The number of hydrogen-bond acceptors (Lipinski definition) is 3. The number of aryl methyl sites for hydroxylation is 1. The maximum absolute atomic E-state index is 5.43. The highest BCUT2D eigenvalue weighted by atomic mass is 16.5. The highest BCUT2D eigenvalue weighted by Gasteiger charge is 2.12. The van der Waals surface area contributed by atoms with E-state index < -0.39 is 0 Å². The fraction of sp³-hybridized carbons (Fsp3) is 0.727. The van der Waals surface area contributed by atoms with Gasteiger partial charge in [0.25, 0.3) is 0 Å². The van der Waals surface area contributed by atoms with Crippen LogP contribution in [0.5, 0.6) is 0 Å². The van der Waals surface area contributed by atoms with Gasteiger partial charge >= 0.3 is 0 Å². The summed E-state index contributed by atoms with van der Waals surface area (Å²) in [5.74, 6) is 1.66. The first-order valence-electron chi connectivity index (χ1n) is 5.63. The number of imidazole rings is 1. The molecule has 0 amide bonds. The molecule has 1 saturated heterocycles. The van der Waals surface area contributed by atoms with Crippen LogP contribution in [0.15, 0.2) is 6.20 Å². The Morgan fingerprint density at radius 2 is 2.60 bits per heavy atom. The molecule has 15 heavy (non-hydrogen) atoms. The van der Waals surface area contributed by atoms with Crippen molar-refractivity contribution in [3.63, 3.8) is 0 Å². The van der Waals surface area contributed by atoms with E-state index in [4.69, 9.17) is 4.74 Å². The van der Waals surface area contributed by atoms with E-state index in [1.165, 1.54) is 12.8 Å². The normalized spacial score (nSPS) is 21.8. The molecule has 2 rings (SSSR count). The standard InChI is InChI=1S/C11H19N3O/c1-9-13-7-11(14-9)6-12-5-10-3-2-4-15-8-10/h7,10,12H,2-6,8H2,1H3,(H,13,14). The van der Waals surface area contributed by atoms with Crippen molar-refractivity contribution >= 4 is 0 Å². The summed E-state index contributed by atoms with van der Waals surface area (Å²) in [6.45, 7) is 5.74. The highest BCUT2D eigenvalue weighted by molar-refractivity contribution is 4.99. The second-order valence-corrected chi connectivity index (χ2v) is 4.21. The lowest BCUT2D eigenvalue weighted by Crippen LogP contribution is -2.28. The monoisotopic (exact) mass is 209 g/mol. The maximum Gasteiger partial charge on any atom is 0.103 e. The number of nitrogens with one attached hydrogen (secondary N) is 2. The van der Waals surface area contributed by atoms with Gasteiger partial charge in [-0.15, -0.1) is 0 Å². The molecule has 84 valence electrons. The minimum absolute atomic E-state index is 0.683. The summed E-state index contributed by atoms with van der Waals surface area (Å²) in [7, 11) is 0. The van der Waals surface area contributed by atoms with Crippen LogP contribution in [0.25, 0.3) is 0 Å². The van der Waals surface area contributed by atoms with Crippen molar-refractivity contribution in [2.45, 2.75) is 26.3 Å². The van der Waals surface area contributed by atoms with Crippen molar-refractivity contribution in [2.75, 3.05) is 19.8 Å². The molecular weight excluding hydrogens is 190 g/mol. The van der Waals surface area contributed by atoms with Crippen LogP contribution in [0.4, 0.5) is 0 Å². The number of H-pyrrole nitrogens is 1. The van der Waals surface area contributed by atoms with Crippen molar-refractivity contribution < 1.29 is 4.74 Å². The SMILES string of the molecule is Cc1ncc(CNCC2CCCOC2)[nH]1. The lowest BCUT2D eigenvalue weighted by atomic mass is 10.0. The number of aromatic nitrogens is 2. The van der Waals surface area contributed by atoms with Crippen LogP contribution in [-0.4, -0.2) is 29.7 Å². The molecule has 1 aromatic heterocycles. The van der Waals surface area contributed by atoms with Crippen LogP contribution >= 0.6 is 0 Å². The van der Waals surface area contributed by atoms with Gasteiger partial charge in [0.15, 0.2) is 0 Å². The number of ether oxygens (including phenoxy) is 1. The summed E-state index contributed by atoms with van der Waals surface area (Å²) in [6, 6.07) is 0. The number of nitrogens with zero attached hydrogens (tertiary/aromatic N) is 1. The van der Waals surface area contributed by atoms with Crippen LogP contribution in [0, 0.1) is 12.8 Å². The minimum Gasteiger partial charge on any atom is -0.381 e. The molecule has 1 aromatic rings. The second-order valence-electron chi connectivity index (χ2n) is 4.21. The molecule has 1 aliphatic heterocycles. The summed E-state index contributed by atoms with van der Waals surface area (Å²) >= 11 is 0. The third-order valence-electron chi connectivity index (χ3n) is 2.76. The molecule has 4 heteroatoms. The Bertz CT molecular complexity index is 292.